The summed E-state index contributed by atoms with van der Waals surface area (Å²) < 4.78 is 0.574. The highest BCUT2D eigenvalue weighted by atomic mass is 127. The molecule has 1 fully saturated rings. The molecule has 3 rings (SSSR count). The van der Waals surface area contributed by atoms with Crippen LogP contribution in [-0.2, 0) is 0 Å². The van der Waals surface area contributed by atoms with Crippen molar-refractivity contribution >= 4 is 45.9 Å². The summed E-state index contributed by atoms with van der Waals surface area (Å²) in [6, 6.07) is 5.04. The highest BCUT2D eigenvalue weighted by Gasteiger charge is 2.43. The lowest BCUT2D eigenvalue weighted by molar-refractivity contribution is -0.385. The average Bonchev–Trinajstić information content (AvgIpc) is 2.48. The number of halogens is 1. The summed E-state index contributed by atoms with van der Waals surface area (Å²) in [4.78, 5) is 21.3. The summed E-state index contributed by atoms with van der Waals surface area (Å²) in [5.74, 6) is 0.399. The second kappa shape index (κ2) is 5.95. The maximum atomic E-state index is 11.2. The maximum absolute atomic E-state index is 11.2. The van der Waals surface area contributed by atoms with Crippen LogP contribution in [0.15, 0.2) is 28.2 Å². The van der Waals surface area contributed by atoms with Crippen molar-refractivity contribution in [2.24, 2.45) is 21.5 Å². The quantitative estimate of drug-likeness (QED) is 0.425. The monoisotopic (exact) mass is 428 g/mol. The van der Waals surface area contributed by atoms with Crippen LogP contribution >= 0.6 is 22.6 Å². The fraction of sp³-hybridized carbons (Fsp3) is 0.429. The molecule has 0 unspecified atom stereocenters. The van der Waals surface area contributed by atoms with Gasteiger partial charge in [-0.05, 0) is 60.4 Å². The molecule has 0 radical (unpaired) electrons. The number of nitro groups is 1. The van der Waals surface area contributed by atoms with Gasteiger partial charge in [-0.2, -0.15) is 4.99 Å². The summed E-state index contributed by atoms with van der Waals surface area (Å²) in [6.45, 7) is 0. The Morgan fingerprint density at radius 2 is 1.96 bits per heavy atom. The van der Waals surface area contributed by atoms with Crippen LogP contribution in [0.4, 0.5) is 11.4 Å². The Labute approximate surface area is 146 Å². The van der Waals surface area contributed by atoms with Crippen molar-refractivity contribution in [3.8, 4) is 0 Å². The molecule has 0 amide bonds. The summed E-state index contributed by atoms with van der Waals surface area (Å²) in [6.07, 6.45) is 4.74. The first kappa shape index (κ1) is 16.0. The van der Waals surface area contributed by atoms with E-state index in [0.717, 1.165) is 32.1 Å². The minimum Gasteiger partial charge on any atom is -0.369 e. The molecule has 1 aliphatic carbocycles. The van der Waals surface area contributed by atoms with Gasteiger partial charge in [-0.15, -0.1) is 0 Å². The van der Waals surface area contributed by atoms with Crippen molar-refractivity contribution in [1.29, 1.82) is 0 Å². The molecule has 9 heteroatoms. The number of rotatable bonds is 2. The first-order chi connectivity index (χ1) is 10.9. The number of nitrogens with zero attached hydrogens (tertiary/aromatic N) is 4. The van der Waals surface area contributed by atoms with Crippen LogP contribution < -0.4 is 16.4 Å². The Morgan fingerprint density at radius 3 is 2.61 bits per heavy atom. The standard InChI is InChI=1S/C14H17IN6O2/c15-10-5-4-9(8-11(10)21(22)23)20-13(17)18-12(16)19-14(20)6-2-1-3-7-14/h4-5,8H,1-3,6-7H2,(H4,16,17,18,19). The zero-order valence-electron chi connectivity index (χ0n) is 12.4. The summed E-state index contributed by atoms with van der Waals surface area (Å²) >= 11 is 1.95. The number of benzene rings is 1. The number of guanidine groups is 2. The van der Waals surface area contributed by atoms with Crippen LogP contribution in [0.25, 0.3) is 0 Å². The fourth-order valence-corrected chi connectivity index (χ4v) is 3.81. The fourth-order valence-electron chi connectivity index (χ4n) is 3.27. The van der Waals surface area contributed by atoms with Gasteiger partial charge in [0.05, 0.1) is 14.2 Å². The number of anilines is 1. The van der Waals surface area contributed by atoms with Crippen molar-refractivity contribution in [1.82, 2.24) is 0 Å². The van der Waals surface area contributed by atoms with Gasteiger partial charge in [0, 0.05) is 6.07 Å². The molecule has 0 bridgehead atoms. The number of nitro benzene ring substituents is 1. The van der Waals surface area contributed by atoms with E-state index in [9.17, 15) is 10.1 Å². The molecule has 1 aromatic carbocycles. The number of nitrogens with two attached hydrogens (primary N) is 2. The molecule has 1 aliphatic heterocycles. The van der Waals surface area contributed by atoms with Gasteiger partial charge in [0.1, 0.15) is 5.66 Å². The molecule has 1 aromatic rings. The predicted octanol–water partition coefficient (Wildman–Crippen LogP) is 2.31. The van der Waals surface area contributed by atoms with Gasteiger partial charge < -0.3 is 11.5 Å². The summed E-state index contributed by atoms with van der Waals surface area (Å²) in [7, 11) is 0. The van der Waals surface area contributed by atoms with Crippen LogP contribution in [-0.4, -0.2) is 22.5 Å². The van der Waals surface area contributed by atoms with E-state index in [-0.39, 0.29) is 17.6 Å². The highest BCUT2D eigenvalue weighted by molar-refractivity contribution is 14.1. The van der Waals surface area contributed by atoms with Crippen molar-refractivity contribution in [3.05, 3.63) is 31.9 Å². The molecular weight excluding hydrogens is 411 g/mol. The van der Waals surface area contributed by atoms with E-state index in [2.05, 4.69) is 9.98 Å². The molecule has 0 atom stereocenters. The van der Waals surface area contributed by atoms with Crippen molar-refractivity contribution in [3.63, 3.8) is 0 Å². The zero-order chi connectivity index (χ0) is 16.6. The topological polar surface area (TPSA) is 123 Å². The van der Waals surface area contributed by atoms with E-state index >= 15 is 0 Å². The van der Waals surface area contributed by atoms with Crippen molar-refractivity contribution < 1.29 is 4.92 Å². The number of hydrogen-bond donors (Lipinski definition) is 2. The molecule has 4 N–H and O–H groups in total. The lowest BCUT2D eigenvalue weighted by Gasteiger charge is -2.45. The second-order valence-corrected chi connectivity index (χ2v) is 6.87. The van der Waals surface area contributed by atoms with E-state index < -0.39 is 10.6 Å². The SMILES string of the molecule is NC1=NC2(CCCCC2)N(c2ccc(I)c([N+](=O)[O-])c2)C(N)=N1. The molecule has 0 saturated heterocycles. The van der Waals surface area contributed by atoms with Crippen molar-refractivity contribution in [2.45, 2.75) is 37.8 Å². The van der Waals surface area contributed by atoms with E-state index in [1.807, 2.05) is 28.7 Å². The van der Waals surface area contributed by atoms with Crippen LogP contribution in [0.2, 0.25) is 0 Å². The third-order valence-electron chi connectivity index (χ3n) is 4.24. The average molecular weight is 428 g/mol. The third-order valence-corrected chi connectivity index (χ3v) is 5.15. The van der Waals surface area contributed by atoms with Crippen molar-refractivity contribution in [2.75, 3.05) is 4.90 Å². The Kier molecular flexibility index (Phi) is 4.13. The molecule has 23 heavy (non-hydrogen) atoms. The molecule has 1 saturated carbocycles. The molecule has 8 nitrogen and oxygen atoms in total. The van der Waals surface area contributed by atoms with Gasteiger partial charge >= 0.3 is 0 Å². The molecule has 0 aromatic heterocycles. The normalized spacial score (nSPS) is 20.1. The van der Waals surface area contributed by atoms with Gasteiger partial charge in [-0.1, -0.05) is 6.42 Å². The maximum Gasteiger partial charge on any atom is 0.284 e. The molecule has 2 aliphatic rings. The smallest absolute Gasteiger partial charge is 0.284 e. The number of hydrogen-bond acceptors (Lipinski definition) is 7. The Morgan fingerprint density at radius 1 is 1.26 bits per heavy atom. The van der Waals surface area contributed by atoms with Gasteiger partial charge in [0.15, 0.2) is 0 Å². The number of aliphatic imine (C=N–C) groups is 2. The summed E-state index contributed by atoms with van der Waals surface area (Å²) in [5, 5.41) is 11.2. The Hall–Kier alpha value is -1.91. The van der Waals surface area contributed by atoms with E-state index in [1.54, 1.807) is 11.0 Å². The molecular formula is C14H17IN6O2. The lowest BCUT2D eigenvalue weighted by atomic mass is 9.87. The Bertz CT molecular complexity index is 711. The zero-order valence-corrected chi connectivity index (χ0v) is 14.6. The van der Waals surface area contributed by atoms with Crippen LogP contribution in [0.1, 0.15) is 32.1 Å². The van der Waals surface area contributed by atoms with Gasteiger partial charge in [-0.25, -0.2) is 4.99 Å². The van der Waals surface area contributed by atoms with Gasteiger partial charge in [0.25, 0.3) is 5.69 Å². The van der Waals surface area contributed by atoms with Crippen LogP contribution in [0.3, 0.4) is 0 Å². The minimum absolute atomic E-state index is 0.0457. The summed E-state index contributed by atoms with van der Waals surface area (Å²) in [5.41, 5.74) is 12.0. The minimum atomic E-state index is -0.588. The lowest BCUT2D eigenvalue weighted by Crippen LogP contribution is -2.58. The van der Waals surface area contributed by atoms with E-state index in [0.29, 0.717) is 9.26 Å². The first-order valence-electron chi connectivity index (χ1n) is 7.37. The predicted molar refractivity (Wildman–Crippen MR) is 97.4 cm³/mol. The van der Waals surface area contributed by atoms with Crippen LogP contribution in [0.5, 0.6) is 0 Å². The largest absolute Gasteiger partial charge is 0.369 e. The highest BCUT2D eigenvalue weighted by Crippen LogP contribution is 2.40. The first-order valence-corrected chi connectivity index (χ1v) is 8.44. The van der Waals surface area contributed by atoms with E-state index in [1.165, 1.54) is 6.07 Å². The molecule has 122 valence electrons. The molecule has 1 heterocycles. The second-order valence-electron chi connectivity index (χ2n) is 5.71. The third kappa shape index (κ3) is 2.84. The van der Waals surface area contributed by atoms with Crippen LogP contribution in [0, 0.1) is 13.7 Å². The van der Waals surface area contributed by atoms with Gasteiger partial charge in [-0.3, -0.25) is 15.0 Å². The van der Waals surface area contributed by atoms with Gasteiger partial charge in [0.2, 0.25) is 11.9 Å². The van der Waals surface area contributed by atoms with E-state index in [4.69, 9.17) is 11.5 Å². The Balaban J connectivity index is 2.10. The molecule has 1 spiro atoms.